The van der Waals surface area contributed by atoms with Crippen LogP contribution in [0.15, 0.2) is 24.3 Å². The van der Waals surface area contributed by atoms with Crippen molar-refractivity contribution in [3.05, 3.63) is 24.3 Å². The number of carbonyl (C=O) groups excluding carboxylic acids is 1. The van der Waals surface area contributed by atoms with E-state index in [9.17, 15) is 9.59 Å². The lowest BCUT2D eigenvalue weighted by Gasteiger charge is -2.10. The van der Waals surface area contributed by atoms with Crippen LogP contribution < -0.4 is 10.1 Å². The number of hydrogen-bond acceptors (Lipinski definition) is 3. The van der Waals surface area contributed by atoms with Gasteiger partial charge >= 0.3 is 5.97 Å². The van der Waals surface area contributed by atoms with Crippen LogP contribution in [0.2, 0.25) is 0 Å². The zero-order valence-electron chi connectivity index (χ0n) is 11.9. The molecule has 0 aliphatic heterocycles. The predicted molar refractivity (Wildman–Crippen MR) is 76.9 cm³/mol. The van der Waals surface area contributed by atoms with E-state index in [1.165, 1.54) is 0 Å². The maximum atomic E-state index is 11.7. The summed E-state index contributed by atoms with van der Waals surface area (Å²) in [6, 6.07) is 7.09. The van der Waals surface area contributed by atoms with Gasteiger partial charge in [0.05, 0.1) is 12.5 Å². The highest BCUT2D eigenvalue weighted by molar-refractivity contribution is 5.91. The van der Waals surface area contributed by atoms with Gasteiger partial charge in [0, 0.05) is 12.1 Å². The Balaban J connectivity index is 2.43. The Morgan fingerprint density at radius 2 is 1.90 bits per heavy atom. The number of amides is 1. The number of aliphatic carboxylic acids is 1. The summed E-state index contributed by atoms with van der Waals surface area (Å²) < 4.78 is 5.31. The predicted octanol–water partition coefficient (Wildman–Crippen LogP) is 2.91. The van der Waals surface area contributed by atoms with Crippen LogP contribution in [0.1, 0.15) is 33.1 Å². The largest absolute Gasteiger partial charge is 0.494 e. The van der Waals surface area contributed by atoms with Crippen molar-refractivity contribution >= 4 is 17.6 Å². The maximum absolute atomic E-state index is 11.7. The minimum absolute atomic E-state index is 0.172. The number of hydrogen-bond donors (Lipinski definition) is 2. The van der Waals surface area contributed by atoms with Crippen LogP contribution in [0.5, 0.6) is 5.75 Å². The van der Waals surface area contributed by atoms with Gasteiger partial charge in [0.1, 0.15) is 5.75 Å². The molecule has 1 atom stereocenters. The Bertz CT molecular complexity index is 442. The van der Waals surface area contributed by atoms with Crippen molar-refractivity contribution in [2.24, 2.45) is 5.92 Å². The molecule has 0 aromatic heterocycles. The van der Waals surface area contributed by atoms with Gasteiger partial charge in [-0.2, -0.15) is 0 Å². The van der Waals surface area contributed by atoms with Crippen LogP contribution in [0.25, 0.3) is 0 Å². The average molecular weight is 279 g/mol. The Morgan fingerprint density at radius 3 is 2.40 bits per heavy atom. The molecule has 110 valence electrons. The fraction of sp³-hybridized carbons (Fsp3) is 0.467. The SMILES string of the molecule is CCOc1ccc(NC(=O)CCC(CC)C(=O)O)cc1. The summed E-state index contributed by atoms with van der Waals surface area (Å²) in [5, 5.41) is 11.7. The molecule has 2 N–H and O–H groups in total. The highest BCUT2D eigenvalue weighted by atomic mass is 16.5. The van der Waals surface area contributed by atoms with Crippen molar-refractivity contribution < 1.29 is 19.4 Å². The Hall–Kier alpha value is -2.04. The number of carboxylic acid groups (broad SMARTS) is 1. The lowest BCUT2D eigenvalue weighted by molar-refractivity contribution is -0.142. The molecule has 0 saturated heterocycles. The Morgan fingerprint density at radius 1 is 1.25 bits per heavy atom. The summed E-state index contributed by atoms with van der Waals surface area (Å²) in [7, 11) is 0. The van der Waals surface area contributed by atoms with Crippen LogP contribution in [0, 0.1) is 5.92 Å². The molecule has 20 heavy (non-hydrogen) atoms. The van der Waals surface area contributed by atoms with E-state index >= 15 is 0 Å². The molecule has 0 bridgehead atoms. The van der Waals surface area contributed by atoms with E-state index in [-0.39, 0.29) is 12.3 Å². The number of anilines is 1. The minimum atomic E-state index is -0.846. The number of ether oxygens (including phenoxy) is 1. The molecule has 1 aromatic carbocycles. The average Bonchev–Trinajstić information content (AvgIpc) is 2.41. The zero-order valence-corrected chi connectivity index (χ0v) is 11.9. The van der Waals surface area contributed by atoms with Gasteiger partial charge in [-0.3, -0.25) is 9.59 Å². The summed E-state index contributed by atoms with van der Waals surface area (Å²) in [6.07, 6.45) is 1.10. The Kier molecular flexibility index (Phi) is 6.56. The third-order valence-electron chi connectivity index (χ3n) is 3.01. The second-order valence-corrected chi connectivity index (χ2v) is 4.49. The zero-order chi connectivity index (χ0) is 15.0. The number of nitrogens with one attached hydrogen (secondary N) is 1. The first-order valence-corrected chi connectivity index (χ1v) is 6.82. The first-order valence-electron chi connectivity index (χ1n) is 6.82. The molecule has 1 amide bonds. The smallest absolute Gasteiger partial charge is 0.306 e. The highest BCUT2D eigenvalue weighted by Gasteiger charge is 2.16. The summed E-state index contributed by atoms with van der Waals surface area (Å²) >= 11 is 0. The van der Waals surface area contributed by atoms with Gasteiger partial charge in [-0.1, -0.05) is 6.92 Å². The van der Waals surface area contributed by atoms with Crippen LogP contribution in [-0.2, 0) is 9.59 Å². The molecule has 1 aromatic rings. The van der Waals surface area contributed by atoms with Crippen molar-refractivity contribution in [3.8, 4) is 5.75 Å². The van der Waals surface area contributed by atoms with Gasteiger partial charge in [-0.25, -0.2) is 0 Å². The summed E-state index contributed by atoms with van der Waals surface area (Å²) in [5.74, 6) is -0.723. The molecular formula is C15H21NO4. The van der Waals surface area contributed by atoms with Gasteiger partial charge in [0.2, 0.25) is 5.91 Å². The van der Waals surface area contributed by atoms with Gasteiger partial charge in [0.15, 0.2) is 0 Å². The lowest BCUT2D eigenvalue weighted by atomic mass is 10.0. The second-order valence-electron chi connectivity index (χ2n) is 4.49. The fourth-order valence-corrected chi connectivity index (χ4v) is 1.83. The summed E-state index contributed by atoms with van der Waals surface area (Å²) in [5.41, 5.74) is 0.682. The molecule has 0 aliphatic rings. The number of carbonyl (C=O) groups is 2. The first-order chi connectivity index (χ1) is 9.56. The van der Waals surface area contributed by atoms with Crippen molar-refractivity contribution in [1.29, 1.82) is 0 Å². The minimum Gasteiger partial charge on any atom is -0.494 e. The lowest BCUT2D eigenvalue weighted by Crippen LogP contribution is -2.17. The van der Waals surface area contributed by atoms with Crippen molar-refractivity contribution in [2.45, 2.75) is 33.1 Å². The normalized spacial score (nSPS) is 11.7. The van der Waals surface area contributed by atoms with E-state index in [4.69, 9.17) is 9.84 Å². The molecule has 5 nitrogen and oxygen atoms in total. The molecule has 1 rings (SSSR count). The third kappa shape index (κ3) is 5.30. The van der Waals surface area contributed by atoms with E-state index in [2.05, 4.69) is 5.32 Å². The molecule has 0 aliphatic carbocycles. The van der Waals surface area contributed by atoms with Gasteiger partial charge in [-0.15, -0.1) is 0 Å². The van der Waals surface area contributed by atoms with Crippen LogP contribution in [-0.4, -0.2) is 23.6 Å². The third-order valence-corrected chi connectivity index (χ3v) is 3.01. The molecule has 0 heterocycles. The van der Waals surface area contributed by atoms with E-state index in [1.807, 2.05) is 13.8 Å². The second kappa shape index (κ2) is 8.19. The Labute approximate surface area is 118 Å². The van der Waals surface area contributed by atoms with E-state index in [0.717, 1.165) is 5.75 Å². The molecular weight excluding hydrogens is 258 g/mol. The van der Waals surface area contributed by atoms with Gasteiger partial charge < -0.3 is 15.2 Å². The van der Waals surface area contributed by atoms with Crippen molar-refractivity contribution in [2.75, 3.05) is 11.9 Å². The topological polar surface area (TPSA) is 75.6 Å². The van der Waals surface area contributed by atoms with Crippen LogP contribution >= 0.6 is 0 Å². The molecule has 0 saturated carbocycles. The molecule has 5 heteroatoms. The van der Waals surface area contributed by atoms with Crippen molar-refractivity contribution in [3.63, 3.8) is 0 Å². The van der Waals surface area contributed by atoms with E-state index in [1.54, 1.807) is 24.3 Å². The van der Waals surface area contributed by atoms with E-state index < -0.39 is 11.9 Å². The summed E-state index contributed by atoms with van der Waals surface area (Å²) in [4.78, 5) is 22.6. The summed E-state index contributed by atoms with van der Waals surface area (Å²) in [6.45, 7) is 4.31. The maximum Gasteiger partial charge on any atom is 0.306 e. The standard InChI is InChI=1S/C15H21NO4/c1-3-11(15(18)19)5-10-14(17)16-12-6-8-13(9-7-12)20-4-2/h6-9,11H,3-5,10H2,1-2H3,(H,16,17)(H,18,19). The van der Waals surface area contributed by atoms with E-state index in [0.29, 0.717) is 25.1 Å². The van der Waals surface area contributed by atoms with Gasteiger partial charge in [-0.05, 0) is 44.0 Å². The quantitative estimate of drug-likeness (QED) is 0.767. The van der Waals surface area contributed by atoms with Crippen LogP contribution in [0.3, 0.4) is 0 Å². The van der Waals surface area contributed by atoms with Crippen LogP contribution in [0.4, 0.5) is 5.69 Å². The molecule has 1 unspecified atom stereocenters. The molecule has 0 spiro atoms. The number of carboxylic acids is 1. The number of benzene rings is 1. The highest BCUT2D eigenvalue weighted by Crippen LogP contribution is 2.17. The monoisotopic (exact) mass is 279 g/mol. The molecule has 0 radical (unpaired) electrons. The molecule has 0 fully saturated rings. The number of rotatable bonds is 8. The van der Waals surface area contributed by atoms with Gasteiger partial charge in [0.25, 0.3) is 0 Å². The first kappa shape index (κ1) is 16.0. The fourth-order valence-electron chi connectivity index (χ4n) is 1.83. The van der Waals surface area contributed by atoms with Crippen molar-refractivity contribution in [1.82, 2.24) is 0 Å².